The fraction of sp³-hybridized carbons (Fsp3) is 0.235. The Kier molecular flexibility index (Phi) is 4.35. The SMILES string of the molecule is C=C(C)Cc1ccc(-c2ccc(NCC)nc2)cc1. The molecular weight excluding hydrogens is 232 g/mol. The summed E-state index contributed by atoms with van der Waals surface area (Å²) in [5.74, 6) is 0.921. The van der Waals surface area contributed by atoms with Crippen molar-refractivity contribution < 1.29 is 0 Å². The van der Waals surface area contributed by atoms with E-state index in [0.717, 1.165) is 24.3 Å². The van der Waals surface area contributed by atoms with Gasteiger partial charge in [-0.3, -0.25) is 0 Å². The third kappa shape index (κ3) is 3.68. The summed E-state index contributed by atoms with van der Waals surface area (Å²) in [6, 6.07) is 12.7. The summed E-state index contributed by atoms with van der Waals surface area (Å²) in [5.41, 5.74) is 4.82. The highest BCUT2D eigenvalue weighted by Crippen LogP contribution is 2.20. The van der Waals surface area contributed by atoms with Crippen molar-refractivity contribution >= 4 is 5.82 Å². The maximum Gasteiger partial charge on any atom is 0.125 e. The van der Waals surface area contributed by atoms with Gasteiger partial charge in [-0.1, -0.05) is 36.4 Å². The smallest absolute Gasteiger partial charge is 0.125 e. The van der Waals surface area contributed by atoms with Crippen LogP contribution in [-0.4, -0.2) is 11.5 Å². The summed E-state index contributed by atoms with van der Waals surface area (Å²) >= 11 is 0. The van der Waals surface area contributed by atoms with Crippen LogP contribution in [0, 0.1) is 0 Å². The Morgan fingerprint density at radius 3 is 2.32 bits per heavy atom. The molecular formula is C17H20N2. The number of nitrogens with one attached hydrogen (secondary N) is 1. The Morgan fingerprint density at radius 1 is 1.11 bits per heavy atom. The van der Waals surface area contributed by atoms with Crippen LogP contribution in [0.5, 0.6) is 0 Å². The second kappa shape index (κ2) is 6.19. The molecule has 2 nitrogen and oxygen atoms in total. The predicted octanol–water partition coefficient (Wildman–Crippen LogP) is 4.30. The van der Waals surface area contributed by atoms with Crippen LogP contribution in [0.2, 0.25) is 0 Å². The molecule has 1 N–H and O–H groups in total. The van der Waals surface area contributed by atoms with Gasteiger partial charge in [0, 0.05) is 18.3 Å². The van der Waals surface area contributed by atoms with Crippen molar-refractivity contribution in [2.75, 3.05) is 11.9 Å². The minimum absolute atomic E-state index is 0.891. The van der Waals surface area contributed by atoms with Crippen molar-refractivity contribution in [1.82, 2.24) is 4.98 Å². The molecule has 1 aromatic carbocycles. The molecule has 0 amide bonds. The lowest BCUT2D eigenvalue weighted by Crippen LogP contribution is -1.98. The molecule has 0 unspecified atom stereocenters. The van der Waals surface area contributed by atoms with Crippen LogP contribution >= 0.6 is 0 Å². The van der Waals surface area contributed by atoms with Crippen molar-refractivity contribution in [1.29, 1.82) is 0 Å². The van der Waals surface area contributed by atoms with Crippen molar-refractivity contribution in [2.24, 2.45) is 0 Å². The normalized spacial score (nSPS) is 10.2. The lowest BCUT2D eigenvalue weighted by molar-refractivity contribution is 1.15. The van der Waals surface area contributed by atoms with E-state index in [1.165, 1.54) is 16.7 Å². The highest BCUT2D eigenvalue weighted by molar-refractivity contribution is 5.64. The maximum atomic E-state index is 4.39. The lowest BCUT2D eigenvalue weighted by atomic mass is 10.0. The summed E-state index contributed by atoms with van der Waals surface area (Å²) in [4.78, 5) is 4.39. The second-order valence-electron chi connectivity index (χ2n) is 4.79. The van der Waals surface area contributed by atoms with Gasteiger partial charge in [-0.2, -0.15) is 0 Å². The molecule has 2 heteroatoms. The molecule has 2 rings (SSSR count). The average Bonchev–Trinajstić information content (AvgIpc) is 2.40. The minimum atomic E-state index is 0.891. The van der Waals surface area contributed by atoms with Crippen LogP contribution in [0.4, 0.5) is 5.82 Å². The zero-order valence-electron chi connectivity index (χ0n) is 11.6. The van der Waals surface area contributed by atoms with E-state index in [4.69, 9.17) is 0 Å². The third-order valence-electron chi connectivity index (χ3n) is 2.91. The monoisotopic (exact) mass is 252 g/mol. The molecule has 0 aliphatic heterocycles. The van der Waals surface area contributed by atoms with E-state index < -0.39 is 0 Å². The topological polar surface area (TPSA) is 24.9 Å². The van der Waals surface area contributed by atoms with Gasteiger partial charge in [0.05, 0.1) is 0 Å². The number of allylic oxidation sites excluding steroid dienone is 1. The van der Waals surface area contributed by atoms with Crippen LogP contribution in [0.25, 0.3) is 11.1 Å². The van der Waals surface area contributed by atoms with Crippen LogP contribution in [0.1, 0.15) is 19.4 Å². The standard InChI is InChI=1S/C17H20N2/c1-4-18-17-10-9-16(12-19-17)15-7-5-14(6-8-15)11-13(2)3/h5-10,12H,2,4,11H2,1,3H3,(H,18,19). The van der Waals surface area contributed by atoms with E-state index >= 15 is 0 Å². The summed E-state index contributed by atoms with van der Waals surface area (Å²) in [5, 5.41) is 3.20. The Balaban J connectivity index is 2.15. The fourth-order valence-electron chi connectivity index (χ4n) is 2.01. The molecule has 1 aromatic heterocycles. The first-order valence-electron chi connectivity index (χ1n) is 6.62. The quantitative estimate of drug-likeness (QED) is 0.802. The molecule has 0 spiro atoms. The van der Waals surface area contributed by atoms with Gasteiger partial charge in [0.25, 0.3) is 0 Å². The van der Waals surface area contributed by atoms with Gasteiger partial charge in [-0.05, 0) is 43.5 Å². The highest BCUT2D eigenvalue weighted by atomic mass is 15.0. The van der Waals surface area contributed by atoms with Crippen molar-refractivity contribution in [3.8, 4) is 11.1 Å². The number of anilines is 1. The van der Waals surface area contributed by atoms with Gasteiger partial charge in [-0.15, -0.1) is 0 Å². The average molecular weight is 252 g/mol. The largest absolute Gasteiger partial charge is 0.370 e. The van der Waals surface area contributed by atoms with Crippen molar-refractivity contribution in [2.45, 2.75) is 20.3 Å². The summed E-state index contributed by atoms with van der Waals surface area (Å²) < 4.78 is 0. The Labute approximate surface area is 115 Å². The van der Waals surface area contributed by atoms with Gasteiger partial charge in [0.2, 0.25) is 0 Å². The second-order valence-corrected chi connectivity index (χ2v) is 4.79. The summed E-state index contributed by atoms with van der Waals surface area (Å²) in [6.45, 7) is 8.95. The molecule has 0 saturated heterocycles. The van der Waals surface area contributed by atoms with Gasteiger partial charge < -0.3 is 5.32 Å². The molecule has 98 valence electrons. The molecule has 0 aliphatic carbocycles. The van der Waals surface area contributed by atoms with E-state index in [1.54, 1.807) is 0 Å². The molecule has 0 saturated carbocycles. The van der Waals surface area contributed by atoms with Crippen LogP contribution in [0.15, 0.2) is 54.7 Å². The zero-order valence-corrected chi connectivity index (χ0v) is 11.6. The molecule has 0 fully saturated rings. The lowest BCUT2D eigenvalue weighted by Gasteiger charge is -2.06. The number of nitrogens with zero attached hydrogens (tertiary/aromatic N) is 1. The Bertz CT molecular complexity index is 538. The first-order valence-corrected chi connectivity index (χ1v) is 6.62. The number of hydrogen-bond acceptors (Lipinski definition) is 2. The Hall–Kier alpha value is -2.09. The van der Waals surface area contributed by atoms with E-state index in [1.807, 2.05) is 12.3 Å². The third-order valence-corrected chi connectivity index (χ3v) is 2.91. The van der Waals surface area contributed by atoms with Crippen LogP contribution in [-0.2, 0) is 6.42 Å². The van der Waals surface area contributed by atoms with E-state index in [0.29, 0.717) is 0 Å². The van der Waals surface area contributed by atoms with Crippen LogP contribution in [0.3, 0.4) is 0 Å². The first kappa shape index (κ1) is 13.3. The maximum absolute atomic E-state index is 4.39. The summed E-state index contributed by atoms with van der Waals surface area (Å²) in [7, 11) is 0. The summed E-state index contributed by atoms with van der Waals surface area (Å²) in [6.07, 6.45) is 2.85. The number of rotatable bonds is 5. The number of aromatic nitrogens is 1. The molecule has 0 aliphatic rings. The van der Waals surface area contributed by atoms with Crippen molar-refractivity contribution in [3.05, 3.63) is 60.3 Å². The number of hydrogen-bond donors (Lipinski definition) is 1. The molecule has 2 aromatic rings. The zero-order chi connectivity index (χ0) is 13.7. The Morgan fingerprint density at radius 2 is 1.79 bits per heavy atom. The molecule has 19 heavy (non-hydrogen) atoms. The fourth-order valence-corrected chi connectivity index (χ4v) is 2.01. The van der Waals surface area contributed by atoms with Crippen molar-refractivity contribution in [3.63, 3.8) is 0 Å². The molecule has 0 atom stereocenters. The van der Waals surface area contributed by atoms with Gasteiger partial charge in [-0.25, -0.2) is 4.98 Å². The highest BCUT2D eigenvalue weighted by Gasteiger charge is 2.00. The van der Waals surface area contributed by atoms with E-state index in [9.17, 15) is 0 Å². The van der Waals surface area contributed by atoms with Gasteiger partial charge >= 0.3 is 0 Å². The number of benzene rings is 1. The predicted molar refractivity (Wildman–Crippen MR) is 82.4 cm³/mol. The first-order chi connectivity index (χ1) is 9.19. The van der Waals surface area contributed by atoms with Crippen LogP contribution < -0.4 is 5.32 Å². The molecule has 0 radical (unpaired) electrons. The minimum Gasteiger partial charge on any atom is -0.370 e. The van der Waals surface area contributed by atoms with Gasteiger partial charge in [0.15, 0.2) is 0 Å². The molecule has 0 bridgehead atoms. The molecule has 1 heterocycles. The van der Waals surface area contributed by atoms with Gasteiger partial charge in [0.1, 0.15) is 5.82 Å². The number of pyridine rings is 1. The van der Waals surface area contributed by atoms with E-state index in [-0.39, 0.29) is 0 Å². The van der Waals surface area contributed by atoms with E-state index in [2.05, 4.69) is 61.1 Å².